The van der Waals surface area contributed by atoms with Crippen molar-refractivity contribution < 1.29 is 9.53 Å². The van der Waals surface area contributed by atoms with Gasteiger partial charge in [0.25, 0.3) is 0 Å². The molecule has 4 nitrogen and oxygen atoms in total. The van der Waals surface area contributed by atoms with E-state index in [2.05, 4.69) is 29.1 Å². The van der Waals surface area contributed by atoms with Crippen molar-refractivity contribution in [3.8, 4) is 0 Å². The number of hydrogen-bond acceptors (Lipinski definition) is 4. The number of hydrogen-bond donors (Lipinski definition) is 1. The van der Waals surface area contributed by atoms with E-state index in [0.29, 0.717) is 6.54 Å². The largest absolute Gasteiger partial charge is 0.376 e. The van der Waals surface area contributed by atoms with Gasteiger partial charge in [0, 0.05) is 13.2 Å². The van der Waals surface area contributed by atoms with Crippen LogP contribution in [-0.4, -0.2) is 36.1 Å². The maximum absolute atomic E-state index is 12.6. The molecule has 0 radical (unpaired) electrons. The Labute approximate surface area is 124 Å². The van der Waals surface area contributed by atoms with E-state index >= 15 is 0 Å². The first-order valence-electron chi connectivity index (χ1n) is 7.50. The summed E-state index contributed by atoms with van der Waals surface area (Å²) in [5.74, 6) is 0.235. The third-order valence-corrected chi connectivity index (χ3v) is 4.81. The Bertz CT molecular complexity index is 443. The van der Waals surface area contributed by atoms with E-state index < -0.39 is 0 Å². The van der Waals surface area contributed by atoms with Crippen molar-refractivity contribution >= 4 is 17.2 Å². The Balaban J connectivity index is 1.76. The number of amides is 1. The van der Waals surface area contributed by atoms with Crippen LogP contribution in [0.2, 0.25) is 0 Å². The van der Waals surface area contributed by atoms with Crippen LogP contribution in [-0.2, 0) is 9.53 Å². The first-order chi connectivity index (χ1) is 9.79. The van der Waals surface area contributed by atoms with Crippen LogP contribution >= 0.6 is 11.3 Å². The lowest BCUT2D eigenvalue weighted by Gasteiger charge is -2.26. The molecule has 110 valence electrons. The molecule has 3 atom stereocenters. The summed E-state index contributed by atoms with van der Waals surface area (Å²) in [5.41, 5.74) is 1.19. The predicted molar refractivity (Wildman–Crippen MR) is 79.6 cm³/mol. The summed E-state index contributed by atoms with van der Waals surface area (Å²) < 4.78 is 5.71. The van der Waals surface area contributed by atoms with Crippen molar-refractivity contribution in [1.29, 1.82) is 0 Å². The molecule has 0 bridgehead atoms. The number of thiophene rings is 1. The lowest BCUT2D eigenvalue weighted by Crippen LogP contribution is -2.37. The lowest BCUT2D eigenvalue weighted by molar-refractivity contribution is -0.131. The summed E-state index contributed by atoms with van der Waals surface area (Å²) in [6.07, 6.45) is 4.34. The number of nitrogens with one attached hydrogen (secondary N) is 1. The zero-order valence-corrected chi connectivity index (χ0v) is 12.7. The summed E-state index contributed by atoms with van der Waals surface area (Å²) in [5, 5.41) is 7.69. The average molecular weight is 294 g/mol. The number of carbonyl (C=O) groups excluding carboxylic acids is 1. The molecule has 2 fully saturated rings. The van der Waals surface area contributed by atoms with Gasteiger partial charge in [0.2, 0.25) is 5.91 Å². The van der Waals surface area contributed by atoms with Crippen LogP contribution in [0, 0.1) is 0 Å². The minimum atomic E-state index is -0.0358. The topological polar surface area (TPSA) is 41.6 Å². The van der Waals surface area contributed by atoms with Crippen molar-refractivity contribution in [2.24, 2.45) is 0 Å². The molecule has 2 aliphatic heterocycles. The fraction of sp³-hybridized carbons (Fsp3) is 0.667. The summed E-state index contributed by atoms with van der Waals surface area (Å²) in [6, 6.07) is 2.07. The van der Waals surface area contributed by atoms with Crippen LogP contribution in [0.25, 0.3) is 0 Å². The molecule has 1 aromatic heterocycles. The second-order valence-electron chi connectivity index (χ2n) is 5.59. The summed E-state index contributed by atoms with van der Waals surface area (Å²) in [6.45, 7) is 3.67. The van der Waals surface area contributed by atoms with Crippen LogP contribution in [0.5, 0.6) is 0 Å². The molecule has 1 amide bonds. The van der Waals surface area contributed by atoms with E-state index in [1.165, 1.54) is 5.56 Å². The first-order valence-corrected chi connectivity index (χ1v) is 8.44. The van der Waals surface area contributed by atoms with Gasteiger partial charge in [-0.25, -0.2) is 0 Å². The Morgan fingerprint density at radius 1 is 1.55 bits per heavy atom. The molecule has 0 aliphatic carbocycles. The van der Waals surface area contributed by atoms with Crippen LogP contribution < -0.4 is 5.32 Å². The van der Waals surface area contributed by atoms with Gasteiger partial charge in [-0.3, -0.25) is 10.1 Å². The van der Waals surface area contributed by atoms with E-state index in [1.54, 1.807) is 11.3 Å². The minimum absolute atomic E-state index is 0.0227. The summed E-state index contributed by atoms with van der Waals surface area (Å²) in [7, 11) is 0. The van der Waals surface area contributed by atoms with Gasteiger partial charge in [0.1, 0.15) is 6.17 Å². The Morgan fingerprint density at radius 2 is 2.45 bits per heavy atom. The molecular formula is C15H22N2O2S. The third-order valence-electron chi connectivity index (χ3n) is 4.11. The van der Waals surface area contributed by atoms with Gasteiger partial charge in [0.05, 0.1) is 12.1 Å². The minimum Gasteiger partial charge on any atom is -0.376 e. The number of rotatable bonds is 5. The van der Waals surface area contributed by atoms with Gasteiger partial charge < -0.3 is 9.64 Å². The van der Waals surface area contributed by atoms with Gasteiger partial charge in [-0.15, -0.1) is 0 Å². The number of nitrogens with zero attached hydrogens (tertiary/aromatic N) is 1. The monoisotopic (exact) mass is 294 g/mol. The predicted octanol–water partition coefficient (Wildman–Crippen LogP) is 2.53. The summed E-state index contributed by atoms with van der Waals surface area (Å²) in [4.78, 5) is 14.6. The van der Waals surface area contributed by atoms with Crippen LogP contribution in [0.4, 0.5) is 0 Å². The zero-order chi connectivity index (χ0) is 13.9. The molecular weight excluding hydrogens is 272 g/mol. The normalized spacial score (nSPS) is 30.4. The first kappa shape index (κ1) is 14.0. The molecule has 0 saturated carbocycles. The highest BCUT2D eigenvalue weighted by Crippen LogP contribution is 2.29. The Kier molecular flexibility index (Phi) is 4.38. The molecule has 20 heavy (non-hydrogen) atoms. The van der Waals surface area contributed by atoms with E-state index in [1.807, 2.05) is 4.90 Å². The van der Waals surface area contributed by atoms with Gasteiger partial charge in [-0.1, -0.05) is 13.3 Å². The fourth-order valence-corrected chi connectivity index (χ4v) is 3.76. The number of ether oxygens (including phenoxy) is 1. The van der Waals surface area contributed by atoms with Gasteiger partial charge in [0.15, 0.2) is 0 Å². The quantitative estimate of drug-likeness (QED) is 0.907. The third kappa shape index (κ3) is 2.75. The second kappa shape index (κ2) is 6.24. The smallest absolute Gasteiger partial charge is 0.241 e. The van der Waals surface area contributed by atoms with Crippen molar-refractivity contribution in [2.45, 2.75) is 50.9 Å². The van der Waals surface area contributed by atoms with E-state index in [4.69, 9.17) is 4.74 Å². The lowest BCUT2D eigenvalue weighted by atomic mass is 10.1. The second-order valence-corrected chi connectivity index (χ2v) is 6.37. The van der Waals surface area contributed by atoms with Gasteiger partial charge in [-0.05, 0) is 41.7 Å². The fourth-order valence-electron chi connectivity index (χ4n) is 3.08. The van der Waals surface area contributed by atoms with Crippen LogP contribution in [0.1, 0.15) is 44.3 Å². The SMILES string of the molecule is CCCC1NC(c2ccsc2)N(CC2CCCO2)C1=O. The molecule has 3 rings (SSSR count). The van der Waals surface area contributed by atoms with E-state index in [0.717, 1.165) is 32.3 Å². The van der Waals surface area contributed by atoms with Crippen LogP contribution in [0.15, 0.2) is 16.8 Å². The standard InChI is InChI=1S/C15H22N2O2S/c1-2-4-13-15(18)17(9-12-5-3-7-19-12)14(16-13)11-6-8-20-10-11/h6,8,10,12-14,16H,2-5,7,9H2,1H3. The molecule has 2 saturated heterocycles. The molecule has 1 N–H and O–H groups in total. The van der Waals surface area contributed by atoms with Crippen molar-refractivity contribution in [3.05, 3.63) is 22.4 Å². The molecule has 5 heteroatoms. The Hall–Kier alpha value is -0.910. The zero-order valence-electron chi connectivity index (χ0n) is 11.9. The molecule has 0 aromatic carbocycles. The molecule has 2 aliphatic rings. The Morgan fingerprint density at radius 3 is 3.10 bits per heavy atom. The highest BCUT2D eigenvalue weighted by atomic mass is 32.1. The molecule has 0 spiro atoms. The van der Waals surface area contributed by atoms with Crippen molar-refractivity contribution in [2.75, 3.05) is 13.2 Å². The van der Waals surface area contributed by atoms with Crippen molar-refractivity contribution in [3.63, 3.8) is 0 Å². The number of carbonyl (C=O) groups is 1. The highest BCUT2D eigenvalue weighted by molar-refractivity contribution is 7.07. The molecule has 3 heterocycles. The average Bonchev–Trinajstić information content (AvgIpc) is 3.16. The van der Waals surface area contributed by atoms with Gasteiger partial charge in [-0.2, -0.15) is 11.3 Å². The van der Waals surface area contributed by atoms with Crippen molar-refractivity contribution in [1.82, 2.24) is 10.2 Å². The maximum Gasteiger partial charge on any atom is 0.241 e. The van der Waals surface area contributed by atoms with E-state index in [9.17, 15) is 4.79 Å². The molecule has 1 aromatic rings. The highest BCUT2D eigenvalue weighted by Gasteiger charge is 2.40. The molecule has 3 unspecified atom stereocenters. The van der Waals surface area contributed by atoms with Gasteiger partial charge >= 0.3 is 0 Å². The maximum atomic E-state index is 12.6. The van der Waals surface area contributed by atoms with Crippen LogP contribution in [0.3, 0.4) is 0 Å². The van der Waals surface area contributed by atoms with E-state index in [-0.39, 0.29) is 24.2 Å². The summed E-state index contributed by atoms with van der Waals surface area (Å²) >= 11 is 1.68.